The molecule has 1 amide bonds. The van der Waals surface area contributed by atoms with Gasteiger partial charge in [0.25, 0.3) is 0 Å². The van der Waals surface area contributed by atoms with Crippen LogP contribution in [-0.4, -0.2) is 29.9 Å². The molecule has 2 aliphatic rings. The Kier molecular flexibility index (Phi) is 7.48. The Morgan fingerprint density at radius 3 is 2.41 bits per heavy atom. The number of carbonyl (C=O) groups excluding carboxylic acids is 1. The van der Waals surface area contributed by atoms with Gasteiger partial charge in [0.1, 0.15) is 0 Å². The van der Waals surface area contributed by atoms with Crippen LogP contribution in [0.15, 0.2) is 30.3 Å². The van der Waals surface area contributed by atoms with Crippen LogP contribution in [0.2, 0.25) is 0 Å². The van der Waals surface area contributed by atoms with Crippen molar-refractivity contribution in [2.45, 2.75) is 58.2 Å². The Balaban J connectivity index is 0.000000817. The molecule has 2 atom stereocenters. The average Bonchev–Trinajstić information content (AvgIpc) is 3.08. The summed E-state index contributed by atoms with van der Waals surface area (Å²) in [6, 6.07) is 5.71. The summed E-state index contributed by atoms with van der Waals surface area (Å²) in [6.45, 7) is 5.08. The van der Waals surface area contributed by atoms with Crippen LogP contribution in [0.3, 0.4) is 0 Å². The molecule has 2 unspecified atom stereocenters. The maximum Gasteiger partial charge on any atom is 0.416 e. The Hall–Kier alpha value is -1.82. The molecule has 150 valence electrons. The number of rotatable bonds is 2. The first kappa shape index (κ1) is 21.5. The molecule has 3 rings (SSSR count). The van der Waals surface area contributed by atoms with E-state index in [0.29, 0.717) is 31.5 Å². The van der Waals surface area contributed by atoms with Gasteiger partial charge < -0.3 is 10.6 Å². The third-order valence-electron chi connectivity index (χ3n) is 4.92. The van der Waals surface area contributed by atoms with E-state index in [-0.39, 0.29) is 23.4 Å². The van der Waals surface area contributed by atoms with E-state index >= 15 is 0 Å². The lowest BCUT2D eigenvalue weighted by Crippen LogP contribution is -2.38. The highest BCUT2D eigenvalue weighted by Crippen LogP contribution is 2.37. The van der Waals surface area contributed by atoms with Crippen molar-refractivity contribution in [2.24, 2.45) is 11.7 Å². The monoisotopic (exact) mass is 382 g/mol. The first-order valence-corrected chi connectivity index (χ1v) is 9.67. The molecule has 1 aromatic rings. The second-order valence-electron chi connectivity index (χ2n) is 7.28. The molecule has 0 bridgehead atoms. The largest absolute Gasteiger partial charge is 0.416 e. The van der Waals surface area contributed by atoms with Crippen LogP contribution in [0.4, 0.5) is 13.2 Å². The van der Waals surface area contributed by atoms with Gasteiger partial charge in [0.2, 0.25) is 5.91 Å². The van der Waals surface area contributed by atoms with Crippen molar-refractivity contribution in [2.75, 3.05) is 13.1 Å². The Labute approximate surface area is 159 Å². The summed E-state index contributed by atoms with van der Waals surface area (Å²) in [4.78, 5) is 14.2. The van der Waals surface area contributed by atoms with Gasteiger partial charge in [-0.15, -0.1) is 0 Å². The highest BCUT2D eigenvalue weighted by atomic mass is 19.4. The zero-order valence-corrected chi connectivity index (χ0v) is 16.1. The number of nitrogens with two attached hydrogens (primary N) is 1. The number of hydrogen-bond acceptors (Lipinski definition) is 2. The number of amides is 1. The molecular weight excluding hydrogens is 353 g/mol. The van der Waals surface area contributed by atoms with Crippen LogP contribution in [0.1, 0.15) is 57.1 Å². The molecule has 0 aromatic heterocycles. The Morgan fingerprint density at radius 2 is 1.89 bits per heavy atom. The summed E-state index contributed by atoms with van der Waals surface area (Å²) < 4.78 is 39.4. The molecule has 2 N–H and O–H groups in total. The minimum absolute atomic E-state index is 0.0302. The molecule has 1 heterocycles. The molecule has 1 aliphatic carbocycles. The van der Waals surface area contributed by atoms with Gasteiger partial charge in [0.05, 0.1) is 5.56 Å². The van der Waals surface area contributed by atoms with Crippen molar-refractivity contribution in [3.05, 3.63) is 41.5 Å². The summed E-state index contributed by atoms with van der Waals surface area (Å²) in [6.07, 6.45) is 1.46. The van der Waals surface area contributed by atoms with Crippen molar-refractivity contribution in [3.8, 4) is 0 Å². The summed E-state index contributed by atoms with van der Waals surface area (Å²) >= 11 is 0. The van der Waals surface area contributed by atoms with Gasteiger partial charge in [-0.05, 0) is 42.9 Å². The molecule has 0 spiro atoms. The van der Waals surface area contributed by atoms with Crippen LogP contribution >= 0.6 is 0 Å². The maximum atomic E-state index is 13.1. The average molecular weight is 382 g/mol. The van der Waals surface area contributed by atoms with Gasteiger partial charge >= 0.3 is 6.18 Å². The van der Waals surface area contributed by atoms with Crippen LogP contribution in [0, 0.1) is 5.92 Å². The Bertz CT molecular complexity index is 670. The molecule has 3 nitrogen and oxygen atoms in total. The number of hydrogen-bond donors (Lipinski definition) is 1. The van der Waals surface area contributed by atoms with E-state index in [4.69, 9.17) is 5.73 Å². The SMILES string of the molecule is CCC.NC1CCC(C(=O)N2CC=C(c3ccccc3C(F)(F)F)CC2)C1. The topological polar surface area (TPSA) is 46.3 Å². The standard InChI is InChI=1S/C18H21F3N2O.C3H8/c19-18(20,21)16-4-2-1-3-15(16)12-7-9-23(10-8-12)17(24)13-5-6-14(22)11-13;1-3-2/h1-4,7,13-14H,5-6,8-11,22H2;3H2,1-2H3. The fourth-order valence-electron chi connectivity index (χ4n) is 3.62. The lowest BCUT2D eigenvalue weighted by molar-refractivity contribution is -0.138. The number of carbonyl (C=O) groups is 1. The molecule has 1 saturated carbocycles. The third-order valence-corrected chi connectivity index (χ3v) is 4.92. The molecule has 0 saturated heterocycles. The smallest absolute Gasteiger partial charge is 0.338 e. The van der Waals surface area contributed by atoms with Gasteiger partial charge in [0.15, 0.2) is 0 Å². The molecule has 6 heteroatoms. The Morgan fingerprint density at radius 1 is 1.22 bits per heavy atom. The summed E-state index contributed by atoms with van der Waals surface area (Å²) in [5, 5.41) is 0. The summed E-state index contributed by atoms with van der Waals surface area (Å²) in [5.74, 6) is 0.0553. The quantitative estimate of drug-likeness (QED) is 0.794. The van der Waals surface area contributed by atoms with E-state index in [1.54, 1.807) is 17.0 Å². The van der Waals surface area contributed by atoms with Crippen LogP contribution in [0.5, 0.6) is 0 Å². The minimum Gasteiger partial charge on any atom is -0.338 e. The van der Waals surface area contributed by atoms with Crippen molar-refractivity contribution < 1.29 is 18.0 Å². The second-order valence-corrected chi connectivity index (χ2v) is 7.28. The van der Waals surface area contributed by atoms with E-state index in [9.17, 15) is 18.0 Å². The molecule has 1 aliphatic heterocycles. The number of nitrogens with zero attached hydrogens (tertiary/aromatic N) is 1. The van der Waals surface area contributed by atoms with E-state index in [0.717, 1.165) is 18.9 Å². The molecule has 1 fully saturated rings. The van der Waals surface area contributed by atoms with E-state index < -0.39 is 11.7 Å². The van der Waals surface area contributed by atoms with Crippen LogP contribution in [-0.2, 0) is 11.0 Å². The van der Waals surface area contributed by atoms with E-state index in [1.165, 1.54) is 18.6 Å². The van der Waals surface area contributed by atoms with Gasteiger partial charge in [-0.3, -0.25) is 4.79 Å². The fraction of sp³-hybridized carbons (Fsp3) is 0.571. The van der Waals surface area contributed by atoms with E-state index in [2.05, 4.69) is 13.8 Å². The van der Waals surface area contributed by atoms with Crippen molar-refractivity contribution in [1.29, 1.82) is 0 Å². The lowest BCUT2D eigenvalue weighted by atomic mass is 9.94. The number of halogens is 3. The van der Waals surface area contributed by atoms with Gasteiger partial charge in [-0.1, -0.05) is 44.5 Å². The van der Waals surface area contributed by atoms with Gasteiger partial charge in [-0.2, -0.15) is 13.2 Å². The lowest BCUT2D eigenvalue weighted by Gasteiger charge is -2.29. The van der Waals surface area contributed by atoms with E-state index in [1.807, 2.05) is 0 Å². The first-order valence-electron chi connectivity index (χ1n) is 9.67. The number of alkyl halides is 3. The molecular formula is C21H29F3N2O. The van der Waals surface area contributed by atoms with Crippen LogP contribution < -0.4 is 5.73 Å². The highest BCUT2D eigenvalue weighted by Gasteiger charge is 2.35. The zero-order chi connectivity index (χ0) is 20.0. The van der Waals surface area contributed by atoms with Crippen molar-refractivity contribution in [3.63, 3.8) is 0 Å². The minimum atomic E-state index is -4.37. The molecule has 0 radical (unpaired) electrons. The summed E-state index contributed by atoms with van der Waals surface area (Å²) in [7, 11) is 0. The molecule has 1 aromatic carbocycles. The first-order chi connectivity index (χ1) is 12.8. The predicted molar refractivity (Wildman–Crippen MR) is 102 cm³/mol. The van der Waals surface area contributed by atoms with Crippen molar-refractivity contribution in [1.82, 2.24) is 4.90 Å². The van der Waals surface area contributed by atoms with Crippen LogP contribution in [0.25, 0.3) is 5.57 Å². The number of benzene rings is 1. The third kappa shape index (κ3) is 5.58. The highest BCUT2D eigenvalue weighted by molar-refractivity contribution is 5.81. The second kappa shape index (κ2) is 9.40. The van der Waals surface area contributed by atoms with Gasteiger partial charge in [-0.25, -0.2) is 0 Å². The molecule has 27 heavy (non-hydrogen) atoms. The predicted octanol–water partition coefficient (Wildman–Crippen LogP) is 4.86. The van der Waals surface area contributed by atoms with Crippen molar-refractivity contribution >= 4 is 11.5 Å². The van der Waals surface area contributed by atoms with Gasteiger partial charge in [0, 0.05) is 25.0 Å². The maximum absolute atomic E-state index is 13.1. The zero-order valence-electron chi connectivity index (χ0n) is 16.1. The normalized spacial score (nSPS) is 22.7. The summed E-state index contributed by atoms with van der Waals surface area (Å²) in [5.41, 5.74) is 6.13. The fourth-order valence-corrected chi connectivity index (χ4v) is 3.62.